The summed E-state index contributed by atoms with van der Waals surface area (Å²) in [6.45, 7) is 2.20. The summed E-state index contributed by atoms with van der Waals surface area (Å²) in [6.07, 6.45) is 9.24. The van der Waals surface area contributed by atoms with Crippen molar-refractivity contribution < 1.29 is 0 Å². The van der Waals surface area contributed by atoms with E-state index in [2.05, 4.69) is 45.1 Å². The van der Waals surface area contributed by atoms with Crippen LogP contribution in [-0.4, -0.2) is 44.1 Å². The van der Waals surface area contributed by atoms with Crippen LogP contribution >= 0.6 is 11.3 Å². The van der Waals surface area contributed by atoms with Crippen molar-refractivity contribution in [2.24, 2.45) is 10.9 Å². The molecule has 1 aromatic rings. The number of aliphatic imine (C=N–C) groups is 1. The van der Waals surface area contributed by atoms with Crippen LogP contribution in [0.4, 0.5) is 0 Å². The van der Waals surface area contributed by atoms with E-state index in [1.165, 1.54) is 56.4 Å². The number of likely N-dealkylation sites (tertiary alicyclic amines) is 1. The first-order valence-corrected chi connectivity index (χ1v) is 10.4. The molecule has 4 nitrogen and oxygen atoms in total. The van der Waals surface area contributed by atoms with E-state index >= 15 is 0 Å². The SMILES string of the molecule is CN=C(NCC1CCCN(C)C1c1cccs1)NC1CCCCC1. The maximum atomic E-state index is 4.46. The summed E-state index contributed by atoms with van der Waals surface area (Å²) in [5, 5.41) is 9.45. The van der Waals surface area contributed by atoms with Gasteiger partial charge in [-0.05, 0) is 56.6 Å². The Kier molecular flexibility index (Phi) is 6.55. The summed E-state index contributed by atoms with van der Waals surface area (Å²) in [5.74, 6) is 1.63. The zero-order chi connectivity index (χ0) is 16.8. The van der Waals surface area contributed by atoms with Gasteiger partial charge in [-0.25, -0.2) is 0 Å². The van der Waals surface area contributed by atoms with Crippen LogP contribution in [0.25, 0.3) is 0 Å². The second-order valence-corrected chi connectivity index (χ2v) is 8.25. The topological polar surface area (TPSA) is 39.7 Å². The standard InChI is InChI=1S/C19H32N4S/c1-20-19(22-16-9-4-3-5-10-16)21-14-15-8-6-12-23(2)18(15)17-11-7-13-24-17/h7,11,13,15-16,18H,3-6,8-10,12,14H2,1-2H3,(H2,20,21,22). The van der Waals surface area contributed by atoms with E-state index in [1.54, 1.807) is 0 Å². The minimum atomic E-state index is 0.541. The first-order valence-electron chi connectivity index (χ1n) is 9.48. The van der Waals surface area contributed by atoms with Crippen LogP contribution in [0.5, 0.6) is 0 Å². The Bertz CT molecular complexity index is 507. The first-order chi connectivity index (χ1) is 11.8. The number of guanidine groups is 1. The van der Waals surface area contributed by atoms with Crippen molar-refractivity contribution in [3.8, 4) is 0 Å². The molecule has 0 amide bonds. The van der Waals surface area contributed by atoms with Crippen molar-refractivity contribution in [1.82, 2.24) is 15.5 Å². The van der Waals surface area contributed by atoms with Crippen LogP contribution in [0.15, 0.2) is 22.5 Å². The zero-order valence-corrected chi connectivity index (χ0v) is 15.9. The summed E-state index contributed by atoms with van der Waals surface area (Å²) in [6, 6.07) is 5.61. The first kappa shape index (κ1) is 17.7. The van der Waals surface area contributed by atoms with E-state index in [9.17, 15) is 0 Å². The molecule has 1 saturated carbocycles. The highest BCUT2D eigenvalue weighted by molar-refractivity contribution is 7.10. The molecule has 1 saturated heterocycles. The summed E-state index contributed by atoms with van der Waals surface area (Å²) in [4.78, 5) is 8.48. The molecular weight excluding hydrogens is 316 g/mol. The number of nitrogens with one attached hydrogen (secondary N) is 2. The van der Waals surface area contributed by atoms with Gasteiger partial charge in [-0.2, -0.15) is 0 Å². The molecule has 0 aromatic carbocycles. The molecule has 2 fully saturated rings. The number of hydrogen-bond donors (Lipinski definition) is 2. The van der Waals surface area contributed by atoms with Crippen molar-refractivity contribution in [3.05, 3.63) is 22.4 Å². The van der Waals surface area contributed by atoms with Crippen molar-refractivity contribution in [2.45, 2.75) is 57.0 Å². The lowest BCUT2D eigenvalue weighted by atomic mass is 9.88. The molecule has 2 N–H and O–H groups in total. The van der Waals surface area contributed by atoms with Crippen LogP contribution in [0, 0.1) is 5.92 Å². The maximum Gasteiger partial charge on any atom is 0.191 e. The van der Waals surface area contributed by atoms with Gasteiger partial charge in [0.15, 0.2) is 5.96 Å². The Morgan fingerprint density at radius 1 is 1.25 bits per heavy atom. The van der Waals surface area contributed by atoms with Gasteiger partial charge in [0.25, 0.3) is 0 Å². The normalized spacial score (nSPS) is 27.2. The molecule has 2 heterocycles. The summed E-state index contributed by atoms with van der Waals surface area (Å²) in [5.41, 5.74) is 0. The summed E-state index contributed by atoms with van der Waals surface area (Å²) in [7, 11) is 4.16. The second kappa shape index (κ2) is 8.86. The molecule has 1 aliphatic heterocycles. The highest BCUT2D eigenvalue weighted by Crippen LogP contribution is 2.36. The molecule has 24 heavy (non-hydrogen) atoms. The molecular formula is C19H32N4S. The van der Waals surface area contributed by atoms with E-state index < -0.39 is 0 Å². The third-order valence-corrected chi connectivity index (χ3v) is 6.49. The molecule has 0 bridgehead atoms. The number of thiophene rings is 1. The largest absolute Gasteiger partial charge is 0.356 e. The second-order valence-electron chi connectivity index (χ2n) is 7.28. The minimum Gasteiger partial charge on any atom is -0.356 e. The molecule has 1 aliphatic carbocycles. The number of piperidine rings is 1. The van der Waals surface area contributed by atoms with Crippen molar-refractivity contribution in [3.63, 3.8) is 0 Å². The third kappa shape index (κ3) is 4.51. The fourth-order valence-electron chi connectivity index (χ4n) is 4.25. The van der Waals surface area contributed by atoms with Crippen LogP contribution in [0.1, 0.15) is 55.9 Å². The van der Waals surface area contributed by atoms with Crippen molar-refractivity contribution in [2.75, 3.05) is 27.2 Å². The molecule has 2 aliphatic rings. The summed E-state index contributed by atoms with van der Waals surface area (Å²) >= 11 is 1.89. The van der Waals surface area contributed by atoms with Gasteiger partial charge in [0.1, 0.15) is 0 Å². The number of rotatable bonds is 4. The quantitative estimate of drug-likeness (QED) is 0.645. The van der Waals surface area contributed by atoms with E-state index in [0.29, 0.717) is 18.0 Å². The lowest BCUT2D eigenvalue weighted by Gasteiger charge is -2.39. The van der Waals surface area contributed by atoms with E-state index in [1.807, 2.05) is 18.4 Å². The van der Waals surface area contributed by atoms with Gasteiger partial charge < -0.3 is 10.6 Å². The van der Waals surface area contributed by atoms with Crippen molar-refractivity contribution in [1.29, 1.82) is 0 Å². The third-order valence-electron chi connectivity index (χ3n) is 5.54. The van der Waals surface area contributed by atoms with Gasteiger partial charge >= 0.3 is 0 Å². The van der Waals surface area contributed by atoms with Crippen molar-refractivity contribution >= 4 is 17.3 Å². The molecule has 134 valence electrons. The minimum absolute atomic E-state index is 0.541. The van der Waals surface area contributed by atoms with Crippen LogP contribution < -0.4 is 10.6 Å². The Morgan fingerprint density at radius 3 is 2.79 bits per heavy atom. The zero-order valence-electron chi connectivity index (χ0n) is 15.1. The van der Waals surface area contributed by atoms with Crippen LogP contribution in [0.2, 0.25) is 0 Å². The molecule has 5 heteroatoms. The monoisotopic (exact) mass is 348 g/mol. The fraction of sp³-hybridized carbons (Fsp3) is 0.737. The Labute approximate surface area is 150 Å². The molecule has 2 atom stereocenters. The van der Waals surface area contributed by atoms with Gasteiger partial charge in [0.2, 0.25) is 0 Å². The lowest BCUT2D eigenvalue weighted by Crippen LogP contribution is -2.47. The average Bonchev–Trinajstić information content (AvgIpc) is 3.13. The van der Waals surface area contributed by atoms with Gasteiger partial charge in [0, 0.05) is 30.6 Å². The Hall–Kier alpha value is -1.07. The highest BCUT2D eigenvalue weighted by atomic mass is 32.1. The Morgan fingerprint density at radius 2 is 2.08 bits per heavy atom. The molecule has 0 spiro atoms. The summed E-state index contributed by atoms with van der Waals surface area (Å²) < 4.78 is 0. The van der Waals surface area contributed by atoms with E-state index in [4.69, 9.17) is 0 Å². The van der Waals surface area contributed by atoms with Crippen LogP contribution in [0.3, 0.4) is 0 Å². The van der Waals surface area contributed by atoms with Gasteiger partial charge in [-0.3, -0.25) is 9.89 Å². The highest BCUT2D eigenvalue weighted by Gasteiger charge is 2.31. The molecule has 0 radical (unpaired) electrons. The number of hydrogen-bond acceptors (Lipinski definition) is 3. The lowest BCUT2D eigenvalue weighted by molar-refractivity contribution is 0.125. The van der Waals surface area contributed by atoms with Gasteiger partial charge in [0.05, 0.1) is 0 Å². The average molecular weight is 349 g/mol. The Balaban J connectivity index is 1.56. The van der Waals surface area contributed by atoms with E-state index in [0.717, 1.165) is 12.5 Å². The molecule has 3 rings (SSSR count). The van der Waals surface area contributed by atoms with Gasteiger partial charge in [-0.15, -0.1) is 11.3 Å². The molecule has 1 aromatic heterocycles. The van der Waals surface area contributed by atoms with E-state index in [-0.39, 0.29) is 0 Å². The predicted octanol–water partition coefficient (Wildman–Crippen LogP) is 3.63. The molecule has 2 unspecified atom stereocenters. The predicted molar refractivity (Wildman–Crippen MR) is 104 cm³/mol. The van der Waals surface area contributed by atoms with Crippen LogP contribution in [-0.2, 0) is 0 Å². The fourth-order valence-corrected chi connectivity index (χ4v) is 5.23. The number of nitrogens with zero attached hydrogens (tertiary/aromatic N) is 2. The van der Waals surface area contributed by atoms with Gasteiger partial charge in [-0.1, -0.05) is 25.3 Å². The maximum absolute atomic E-state index is 4.46. The smallest absolute Gasteiger partial charge is 0.191 e.